The number of nitrogens with two attached hydrogens (primary N) is 1. The molecule has 1 heterocycles. The second-order valence-electron chi connectivity index (χ2n) is 2.47. The fourth-order valence-electron chi connectivity index (χ4n) is 0.827. The van der Waals surface area contributed by atoms with Crippen LogP contribution in [0.15, 0.2) is 6.20 Å². The average molecular weight is 168 g/mol. The van der Waals surface area contributed by atoms with Crippen LogP contribution in [-0.4, -0.2) is 22.4 Å². The predicted molar refractivity (Wildman–Crippen MR) is 44.2 cm³/mol. The first-order valence-electron chi connectivity index (χ1n) is 3.69. The number of carbonyl (C=O) groups is 1. The van der Waals surface area contributed by atoms with Gasteiger partial charge in [-0.15, -0.1) is 0 Å². The minimum atomic E-state index is -0.165. The smallest absolute Gasteiger partial charge is 0.234 e. The highest BCUT2D eigenvalue weighted by atomic mass is 16.1. The maximum atomic E-state index is 10.7. The first kappa shape index (κ1) is 8.73. The molecular weight excluding hydrogens is 156 g/mol. The standard InChI is InChI=1S/C7H12N4O/c1-5-9-3-6(11-5)4-10-7(12)2-8/h3H,2,4,8H2,1H3,(H,9,11)(H,10,12). The summed E-state index contributed by atoms with van der Waals surface area (Å²) < 4.78 is 0. The van der Waals surface area contributed by atoms with Crippen molar-refractivity contribution in [2.24, 2.45) is 5.73 Å². The molecule has 4 N–H and O–H groups in total. The number of hydrogen-bond donors (Lipinski definition) is 3. The lowest BCUT2D eigenvalue weighted by Gasteiger charge is -1.99. The Morgan fingerprint density at radius 1 is 1.83 bits per heavy atom. The Balaban J connectivity index is 2.38. The summed E-state index contributed by atoms with van der Waals surface area (Å²) in [6.45, 7) is 2.33. The Labute approximate surface area is 70.4 Å². The molecule has 0 aliphatic carbocycles. The number of hydrogen-bond acceptors (Lipinski definition) is 3. The summed E-state index contributed by atoms with van der Waals surface area (Å²) in [7, 11) is 0. The van der Waals surface area contributed by atoms with Crippen LogP contribution in [0.1, 0.15) is 11.5 Å². The largest absolute Gasteiger partial charge is 0.349 e. The van der Waals surface area contributed by atoms with Gasteiger partial charge in [0.15, 0.2) is 0 Å². The summed E-state index contributed by atoms with van der Waals surface area (Å²) in [5.74, 6) is 0.675. The zero-order valence-corrected chi connectivity index (χ0v) is 6.92. The molecule has 12 heavy (non-hydrogen) atoms. The van der Waals surface area contributed by atoms with E-state index in [9.17, 15) is 4.79 Å². The van der Waals surface area contributed by atoms with E-state index in [0.29, 0.717) is 6.54 Å². The number of nitrogens with zero attached hydrogens (tertiary/aromatic N) is 1. The van der Waals surface area contributed by atoms with Gasteiger partial charge in [-0.2, -0.15) is 0 Å². The molecule has 1 aromatic heterocycles. The van der Waals surface area contributed by atoms with Gasteiger partial charge in [-0.25, -0.2) is 4.98 Å². The molecule has 0 atom stereocenters. The van der Waals surface area contributed by atoms with Gasteiger partial charge in [-0.3, -0.25) is 4.79 Å². The summed E-state index contributed by atoms with van der Waals surface area (Å²) in [5.41, 5.74) is 5.99. The third-order valence-electron chi connectivity index (χ3n) is 1.42. The second-order valence-corrected chi connectivity index (χ2v) is 2.47. The van der Waals surface area contributed by atoms with E-state index < -0.39 is 0 Å². The van der Waals surface area contributed by atoms with E-state index >= 15 is 0 Å². The number of H-pyrrole nitrogens is 1. The lowest BCUT2D eigenvalue weighted by molar-refractivity contribution is -0.119. The number of carbonyl (C=O) groups excluding carboxylic acids is 1. The first-order chi connectivity index (χ1) is 5.72. The van der Waals surface area contributed by atoms with Gasteiger partial charge in [0.05, 0.1) is 25.0 Å². The van der Waals surface area contributed by atoms with Gasteiger partial charge in [-0.1, -0.05) is 0 Å². The maximum absolute atomic E-state index is 10.7. The zero-order valence-electron chi connectivity index (χ0n) is 6.92. The highest BCUT2D eigenvalue weighted by Gasteiger charge is 1.98. The molecule has 0 fully saturated rings. The molecule has 5 nitrogen and oxygen atoms in total. The van der Waals surface area contributed by atoms with Gasteiger partial charge >= 0.3 is 0 Å². The SMILES string of the molecule is Cc1ncc(CNC(=O)CN)[nH]1. The van der Waals surface area contributed by atoms with Crippen molar-refractivity contribution in [1.29, 1.82) is 0 Å². The zero-order chi connectivity index (χ0) is 8.97. The maximum Gasteiger partial charge on any atom is 0.234 e. The minimum Gasteiger partial charge on any atom is -0.349 e. The van der Waals surface area contributed by atoms with E-state index in [2.05, 4.69) is 15.3 Å². The molecular formula is C7H12N4O. The molecule has 0 unspecified atom stereocenters. The van der Waals surface area contributed by atoms with Crippen molar-refractivity contribution in [3.05, 3.63) is 17.7 Å². The molecule has 5 heteroatoms. The van der Waals surface area contributed by atoms with E-state index in [1.54, 1.807) is 6.20 Å². The molecule has 0 spiro atoms. The summed E-state index contributed by atoms with van der Waals surface area (Å²) in [5, 5.41) is 2.63. The van der Waals surface area contributed by atoms with Gasteiger partial charge in [0, 0.05) is 0 Å². The van der Waals surface area contributed by atoms with Gasteiger partial charge in [-0.05, 0) is 6.92 Å². The number of rotatable bonds is 3. The summed E-state index contributed by atoms with van der Waals surface area (Å²) in [6, 6.07) is 0. The van der Waals surface area contributed by atoms with Crippen molar-refractivity contribution in [2.45, 2.75) is 13.5 Å². The first-order valence-corrected chi connectivity index (χ1v) is 3.69. The lowest BCUT2D eigenvalue weighted by atomic mass is 10.4. The van der Waals surface area contributed by atoms with Crippen LogP contribution in [0.2, 0.25) is 0 Å². The Kier molecular flexibility index (Phi) is 2.82. The van der Waals surface area contributed by atoms with Crippen LogP contribution in [0, 0.1) is 6.92 Å². The molecule has 1 amide bonds. The number of aromatic nitrogens is 2. The van der Waals surface area contributed by atoms with Gasteiger partial charge in [0.1, 0.15) is 5.82 Å². The molecule has 0 bridgehead atoms. The van der Waals surface area contributed by atoms with Crippen molar-refractivity contribution in [2.75, 3.05) is 6.54 Å². The van der Waals surface area contributed by atoms with E-state index in [-0.39, 0.29) is 12.5 Å². The summed E-state index contributed by atoms with van der Waals surface area (Å²) >= 11 is 0. The van der Waals surface area contributed by atoms with Crippen LogP contribution >= 0.6 is 0 Å². The third kappa shape index (κ3) is 2.35. The quantitative estimate of drug-likeness (QED) is 0.557. The Hall–Kier alpha value is -1.36. The van der Waals surface area contributed by atoms with E-state index in [1.165, 1.54) is 0 Å². The van der Waals surface area contributed by atoms with Crippen molar-refractivity contribution >= 4 is 5.91 Å². The lowest BCUT2D eigenvalue weighted by Crippen LogP contribution is -2.29. The number of amides is 1. The molecule has 1 aromatic rings. The van der Waals surface area contributed by atoms with E-state index in [0.717, 1.165) is 11.5 Å². The molecule has 0 aliphatic heterocycles. The van der Waals surface area contributed by atoms with Crippen molar-refractivity contribution in [1.82, 2.24) is 15.3 Å². The molecule has 66 valence electrons. The van der Waals surface area contributed by atoms with E-state index in [1.807, 2.05) is 6.92 Å². The van der Waals surface area contributed by atoms with Crippen LogP contribution in [0.4, 0.5) is 0 Å². The summed E-state index contributed by atoms with van der Waals surface area (Å²) in [4.78, 5) is 17.7. The Bertz CT molecular complexity index is 268. The number of imidazole rings is 1. The summed E-state index contributed by atoms with van der Waals surface area (Å²) in [6.07, 6.45) is 1.69. The molecule has 0 aliphatic rings. The normalized spacial score (nSPS) is 9.83. The van der Waals surface area contributed by atoms with Crippen molar-refractivity contribution < 1.29 is 4.79 Å². The molecule has 0 radical (unpaired) electrons. The monoisotopic (exact) mass is 168 g/mol. The van der Waals surface area contributed by atoms with Gasteiger partial charge in [0.2, 0.25) is 5.91 Å². The Morgan fingerprint density at radius 2 is 2.58 bits per heavy atom. The third-order valence-corrected chi connectivity index (χ3v) is 1.42. The fourth-order valence-corrected chi connectivity index (χ4v) is 0.827. The van der Waals surface area contributed by atoms with Crippen LogP contribution in [-0.2, 0) is 11.3 Å². The molecule has 0 saturated heterocycles. The van der Waals surface area contributed by atoms with Gasteiger partial charge in [0.25, 0.3) is 0 Å². The average Bonchev–Trinajstić information content (AvgIpc) is 2.47. The van der Waals surface area contributed by atoms with Crippen LogP contribution < -0.4 is 11.1 Å². The number of aryl methyl sites for hydroxylation is 1. The highest BCUT2D eigenvalue weighted by Crippen LogP contribution is 1.93. The van der Waals surface area contributed by atoms with Crippen molar-refractivity contribution in [3.63, 3.8) is 0 Å². The predicted octanol–water partition coefficient (Wildman–Crippen LogP) is -0.707. The van der Waals surface area contributed by atoms with Gasteiger partial charge < -0.3 is 16.0 Å². The Morgan fingerprint density at radius 3 is 3.08 bits per heavy atom. The number of aromatic amines is 1. The topological polar surface area (TPSA) is 83.8 Å². The molecule has 1 rings (SSSR count). The highest BCUT2D eigenvalue weighted by molar-refractivity contribution is 5.77. The fraction of sp³-hybridized carbons (Fsp3) is 0.429. The minimum absolute atomic E-state index is 0.0210. The number of nitrogens with one attached hydrogen (secondary N) is 2. The van der Waals surface area contributed by atoms with Crippen LogP contribution in [0.25, 0.3) is 0 Å². The molecule has 0 saturated carbocycles. The van der Waals surface area contributed by atoms with E-state index in [4.69, 9.17) is 5.73 Å². The second kappa shape index (κ2) is 3.87. The van der Waals surface area contributed by atoms with Crippen LogP contribution in [0.5, 0.6) is 0 Å². The molecule has 0 aromatic carbocycles. The van der Waals surface area contributed by atoms with Crippen LogP contribution in [0.3, 0.4) is 0 Å². The van der Waals surface area contributed by atoms with Crippen molar-refractivity contribution in [3.8, 4) is 0 Å².